The minimum Gasteiger partial charge on any atom is -0.490 e. The van der Waals surface area contributed by atoms with Crippen molar-refractivity contribution >= 4 is 23.6 Å². The predicted octanol–water partition coefficient (Wildman–Crippen LogP) is 3.12. The molecule has 1 aromatic heterocycles. The Morgan fingerprint density at radius 3 is 2.03 bits per heavy atom. The first kappa shape index (κ1) is 27.3. The van der Waals surface area contributed by atoms with Crippen LogP contribution < -0.4 is 26.1 Å². The minimum atomic E-state index is -1.28. The Bertz CT molecular complexity index is 1360. The van der Waals surface area contributed by atoms with Gasteiger partial charge in [0.1, 0.15) is 17.6 Å². The highest BCUT2D eigenvalue weighted by molar-refractivity contribution is 6.66. The van der Waals surface area contributed by atoms with Gasteiger partial charge in [0, 0.05) is 42.1 Å². The molecule has 0 unspecified atom stereocenters. The molecular formula is C28H28N4O7. The molecule has 0 bridgehead atoms. The summed E-state index contributed by atoms with van der Waals surface area (Å²) in [7, 11) is 0. The molecule has 4 rings (SSSR count). The lowest BCUT2D eigenvalue weighted by Crippen LogP contribution is -2.48. The van der Waals surface area contributed by atoms with Crippen molar-refractivity contribution in [3.8, 4) is 17.4 Å². The summed E-state index contributed by atoms with van der Waals surface area (Å²) in [6.07, 6.45) is 1.44. The Morgan fingerprint density at radius 2 is 1.51 bits per heavy atom. The van der Waals surface area contributed by atoms with Crippen LogP contribution in [0.4, 0.5) is 4.79 Å². The van der Waals surface area contributed by atoms with Crippen LogP contribution in [0, 0.1) is 0 Å². The van der Waals surface area contributed by atoms with Crippen molar-refractivity contribution in [1.82, 2.24) is 15.7 Å². The number of carbonyl (C=O) groups excluding carboxylic acids is 3. The summed E-state index contributed by atoms with van der Waals surface area (Å²) in [5, 5.41) is 11.2. The second-order valence-electron chi connectivity index (χ2n) is 9.65. The number of carboxylic acid groups (broad SMARTS) is 1. The molecule has 1 aliphatic rings. The number of nitrogens with zero attached hydrogens (tertiary/aromatic N) is 1. The van der Waals surface area contributed by atoms with Gasteiger partial charge in [-0.3, -0.25) is 19.8 Å². The van der Waals surface area contributed by atoms with E-state index in [4.69, 9.17) is 20.4 Å². The standard InChI is InChI=1S/C28H28N4O7/c1-28(2,17-4-8-20(9-5-17)38-22-13-19(14-22)31-27(36)37)18-6-10-21(11-7-18)39-23-12-3-16(15-30-23)24(33)25(34)26(35)32-29/h3-12,15,19,22,31H,13-14,29H2,1-2H3,(H,32,35)(H,36,37)/t19-,22-. The molecule has 3 aromatic rings. The predicted molar refractivity (Wildman–Crippen MR) is 140 cm³/mol. The molecule has 1 fully saturated rings. The van der Waals surface area contributed by atoms with Gasteiger partial charge in [0.25, 0.3) is 5.78 Å². The number of hydrogen-bond donors (Lipinski definition) is 4. The van der Waals surface area contributed by atoms with Crippen molar-refractivity contribution in [1.29, 1.82) is 0 Å². The summed E-state index contributed by atoms with van der Waals surface area (Å²) in [5.41, 5.74) is 3.39. The van der Waals surface area contributed by atoms with Crippen molar-refractivity contribution in [3.63, 3.8) is 0 Å². The van der Waals surface area contributed by atoms with E-state index in [9.17, 15) is 19.2 Å². The number of ketones is 2. The maximum atomic E-state index is 12.0. The van der Waals surface area contributed by atoms with Gasteiger partial charge in [0.2, 0.25) is 11.7 Å². The Labute approximate surface area is 224 Å². The van der Waals surface area contributed by atoms with Gasteiger partial charge in [-0.2, -0.15) is 0 Å². The van der Waals surface area contributed by atoms with Crippen LogP contribution in [0.5, 0.6) is 17.4 Å². The number of Topliss-reactive ketones (excluding diaryl/α,β-unsaturated/α-hetero) is 2. The van der Waals surface area contributed by atoms with Crippen LogP contribution in [0.15, 0.2) is 66.9 Å². The molecular weight excluding hydrogens is 504 g/mol. The molecule has 5 N–H and O–H groups in total. The number of amides is 2. The van der Waals surface area contributed by atoms with Crippen molar-refractivity contribution < 1.29 is 33.8 Å². The zero-order valence-electron chi connectivity index (χ0n) is 21.3. The van der Waals surface area contributed by atoms with Crippen LogP contribution >= 0.6 is 0 Å². The van der Waals surface area contributed by atoms with Crippen molar-refractivity contribution in [2.75, 3.05) is 0 Å². The average Bonchev–Trinajstić information content (AvgIpc) is 2.91. The van der Waals surface area contributed by atoms with Crippen LogP contribution in [-0.2, 0) is 15.0 Å². The Kier molecular flexibility index (Phi) is 7.91. The van der Waals surface area contributed by atoms with E-state index in [0.717, 1.165) is 23.1 Å². The SMILES string of the molecule is CC(C)(c1ccc(Oc2ccc(C(=O)C(=O)C(=O)NN)cn2)cc1)c1ccc(O[C@H]2C[C@H](NC(=O)O)C2)cc1. The van der Waals surface area contributed by atoms with E-state index in [-0.39, 0.29) is 29.0 Å². The molecule has 11 heteroatoms. The second-order valence-corrected chi connectivity index (χ2v) is 9.65. The zero-order valence-corrected chi connectivity index (χ0v) is 21.3. The van der Waals surface area contributed by atoms with E-state index < -0.39 is 23.6 Å². The fourth-order valence-corrected chi connectivity index (χ4v) is 4.20. The number of rotatable bonds is 10. The van der Waals surface area contributed by atoms with Gasteiger partial charge in [-0.05, 0) is 41.5 Å². The van der Waals surface area contributed by atoms with Crippen LogP contribution in [-0.4, -0.2) is 45.8 Å². The van der Waals surface area contributed by atoms with Gasteiger partial charge < -0.3 is 19.9 Å². The average molecular weight is 533 g/mol. The number of aromatic nitrogens is 1. The normalized spacial score (nSPS) is 16.4. The van der Waals surface area contributed by atoms with Gasteiger partial charge >= 0.3 is 12.0 Å². The summed E-state index contributed by atoms with van der Waals surface area (Å²) in [4.78, 5) is 49.7. The van der Waals surface area contributed by atoms with Gasteiger partial charge in [0.05, 0.1) is 0 Å². The molecule has 2 aromatic carbocycles. The van der Waals surface area contributed by atoms with Gasteiger partial charge in [-0.1, -0.05) is 38.1 Å². The molecule has 202 valence electrons. The number of ether oxygens (including phenoxy) is 2. The molecule has 39 heavy (non-hydrogen) atoms. The number of hydrazine groups is 1. The Hall–Kier alpha value is -4.77. The summed E-state index contributed by atoms with van der Waals surface area (Å²) < 4.78 is 11.7. The number of hydrogen-bond acceptors (Lipinski definition) is 8. The lowest BCUT2D eigenvalue weighted by Gasteiger charge is -2.35. The first-order valence-electron chi connectivity index (χ1n) is 12.2. The molecule has 1 heterocycles. The third-order valence-corrected chi connectivity index (χ3v) is 6.64. The highest BCUT2D eigenvalue weighted by Gasteiger charge is 2.32. The van der Waals surface area contributed by atoms with E-state index in [2.05, 4.69) is 24.1 Å². The monoisotopic (exact) mass is 532 g/mol. The molecule has 0 aliphatic heterocycles. The van der Waals surface area contributed by atoms with Gasteiger partial charge in [0.15, 0.2) is 0 Å². The zero-order chi connectivity index (χ0) is 28.2. The first-order chi connectivity index (χ1) is 18.6. The molecule has 1 saturated carbocycles. The number of benzene rings is 2. The Morgan fingerprint density at radius 1 is 0.923 bits per heavy atom. The van der Waals surface area contributed by atoms with Gasteiger partial charge in [-0.15, -0.1) is 0 Å². The molecule has 1 aliphatic carbocycles. The minimum absolute atomic E-state index is 0.000381. The summed E-state index contributed by atoms with van der Waals surface area (Å²) in [5.74, 6) is 2.86. The van der Waals surface area contributed by atoms with E-state index in [1.54, 1.807) is 5.43 Å². The highest BCUT2D eigenvalue weighted by Crippen LogP contribution is 2.34. The van der Waals surface area contributed by atoms with Crippen molar-refractivity contribution in [2.45, 2.75) is 44.2 Å². The van der Waals surface area contributed by atoms with Crippen molar-refractivity contribution in [2.24, 2.45) is 5.84 Å². The van der Waals surface area contributed by atoms with Gasteiger partial charge in [-0.25, -0.2) is 15.6 Å². The number of nitrogens with one attached hydrogen (secondary N) is 2. The van der Waals surface area contributed by atoms with Crippen LogP contribution in [0.25, 0.3) is 0 Å². The van der Waals surface area contributed by atoms with Crippen LogP contribution in [0.3, 0.4) is 0 Å². The summed E-state index contributed by atoms with van der Waals surface area (Å²) in [6.45, 7) is 4.21. The molecule has 0 spiro atoms. The van der Waals surface area contributed by atoms with E-state index in [0.29, 0.717) is 18.6 Å². The largest absolute Gasteiger partial charge is 0.490 e. The quantitative estimate of drug-likeness (QED) is 0.0765. The smallest absolute Gasteiger partial charge is 0.404 e. The molecule has 11 nitrogen and oxygen atoms in total. The van der Waals surface area contributed by atoms with E-state index >= 15 is 0 Å². The number of carbonyl (C=O) groups is 4. The second kappa shape index (κ2) is 11.3. The van der Waals surface area contributed by atoms with E-state index in [1.165, 1.54) is 12.1 Å². The maximum Gasteiger partial charge on any atom is 0.404 e. The maximum absolute atomic E-state index is 12.0. The topological polar surface area (TPSA) is 170 Å². The fourth-order valence-electron chi connectivity index (χ4n) is 4.20. The number of pyridine rings is 1. The molecule has 0 atom stereocenters. The third kappa shape index (κ3) is 6.39. The molecule has 0 saturated heterocycles. The van der Waals surface area contributed by atoms with Crippen LogP contribution in [0.2, 0.25) is 0 Å². The summed E-state index contributed by atoms with van der Waals surface area (Å²) in [6, 6.07) is 18.1. The number of nitrogens with two attached hydrogens (primary N) is 1. The summed E-state index contributed by atoms with van der Waals surface area (Å²) >= 11 is 0. The van der Waals surface area contributed by atoms with E-state index in [1.807, 2.05) is 48.5 Å². The Balaban J connectivity index is 1.35. The van der Waals surface area contributed by atoms with Crippen LogP contribution in [0.1, 0.15) is 48.2 Å². The molecule has 0 radical (unpaired) electrons. The fraction of sp³-hybridized carbons (Fsp3) is 0.250. The molecule has 2 amide bonds. The lowest BCUT2D eigenvalue weighted by atomic mass is 9.78. The third-order valence-electron chi connectivity index (χ3n) is 6.64. The lowest BCUT2D eigenvalue weighted by molar-refractivity contribution is -0.135. The van der Waals surface area contributed by atoms with Crippen molar-refractivity contribution in [3.05, 3.63) is 83.6 Å². The first-order valence-corrected chi connectivity index (χ1v) is 12.2. The highest BCUT2D eigenvalue weighted by atomic mass is 16.5.